The predicted octanol–water partition coefficient (Wildman–Crippen LogP) is 4.13. The summed E-state index contributed by atoms with van der Waals surface area (Å²) in [7, 11) is 0. The van der Waals surface area contributed by atoms with Gasteiger partial charge in [-0.25, -0.2) is 4.98 Å². The molecule has 0 radical (unpaired) electrons. The van der Waals surface area contributed by atoms with Gasteiger partial charge in [0.25, 0.3) is 5.91 Å². The van der Waals surface area contributed by atoms with Gasteiger partial charge in [0.15, 0.2) is 0 Å². The fraction of sp³-hybridized carbons (Fsp3) is 0.643. The van der Waals surface area contributed by atoms with Crippen LogP contribution in [0.1, 0.15) is 57.9 Å². The van der Waals surface area contributed by atoms with Crippen LogP contribution < -0.4 is 5.32 Å². The number of halogens is 1. The zero-order valence-corrected chi connectivity index (χ0v) is 22.7. The zero-order valence-electron chi connectivity index (χ0n) is 21.9. The van der Waals surface area contributed by atoms with Crippen molar-refractivity contribution in [3.8, 4) is 0 Å². The number of anilines is 1. The number of ether oxygens (including phenoxy) is 3. The maximum absolute atomic E-state index is 12.8. The molecule has 37 heavy (non-hydrogen) atoms. The quantitative estimate of drug-likeness (QED) is 0.579. The molecule has 5 rings (SSSR count). The summed E-state index contributed by atoms with van der Waals surface area (Å²) in [5, 5.41) is 16.0. The third kappa shape index (κ3) is 5.79. The number of benzene rings is 1. The molecular formula is C28H38ClN3O5. The number of nitrogens with zero attached hydrogens (tertiary/aromatic N) is 2. The number of aliphatic hydroxyl groups is 1. The average Bonchev–Trinajstić information content (AvgIpc) is 3.23. The second kappa shape index (κ2) is 11.1. The van der Waals surface area contributed by atoms with E-state index in [0.717, 1.165) is 53.7 Å². The van der Waals surface area contributed by atoms with Gasteiger partial charge in [-0.2, -0.15) is 0 Å². The fourth-order valence-corrected chi connectivity index (χ4v) is 6.18. The smallest absolute Gasteiger partial charge is 0.254 e. The topological polar surface area (TPSA) is 93.2 Å². The van der Waals surface area contributed by atoms with Gasteiger partial charge in [-0.05, 0) is 94.6 Å². The highest BCUT2D eigenvalue weighted by Gasteiger charge is 2.45. The van der Waals surface area contributed by atoms with Crippen molar-refractivity contribution in [2.45, 2.75) is 82.3 Å². The van der Waals surface area contributed by atoms with E-state index in [1.54, 1.807) is 6.20 Å². The molecule has 3 fully saturated rings. The Bertz CT molecular complexity index is 1110. The van der Waals surface area contributed by atoms with E-state index in [9.17, 15) is 9.90 Å². The standard InChI is InChI=1S/C28H38ClN3O5/c1-17(2)37-21-4-5-24(36-14-21)27(34)31-26-12-19-10-22(23(29)11-20(19)13-30-26)18-6-8-32(9-7-18)28(3)16-35-15-25(28)33/h10-13,17-18,21,24-25,33H,4-9,14-16H2,1-3H3,(H,30,31,34)/t21?,24?,25-,28+/m1/s1. The van der Waals surface area contributed by atoms with Crippen LogP contribution in [0.2, 0.25) is 5.02 Å². The lowest BCUT2D eigenvalue weighted by Crippen LogP contribution is -2.56. The summed E-state index contributed by atoms with van der Waals surface area (Å²) in [6.45, 7) is 9.26. The van der Waals surface area contributed by atoms with Crippen molar-refractivity contribution in [3.63, 3.8) is 0 Å². The molecule has 2 N–H and O–H groups in total. The van der Waals surface area contributed by atoms with Crippen molar-refractivity contribution in [1.29, 1.82) is 0 Å². The van der Waals surface area contributed by atoms with Crippen molar-refractivity contribution < 1.29 is 24.1 Å². The van der Waals surface area contributed by atoms with Crippen molar-refractivity contribution in [2.24, 2.45) is 0 Å². The molecule has 0 bridgehead atoms. The molecular weight excluding hydrogens is 494 g/mol. The van der Waals surface area contributed by atoms with Crippen LogP contribution in [0.5, 0.6) is 0 Å². The van der Waals surface area contributed by atoms with Gasteiger partial charge >= 0.3 is 0 Å². The van der Waals surface area contributed by atoms with Crippen LogP contribution in [0.15, 0.2) is 24.4 Å². The molecule has 1 aromatic heterocycles. The third-order valence-electron chi connectivity index (χ3n) is 8.12. The van der Waals surface area contributed by atoms with Gasteiger partial charge in [0.1, 0.15) is 11.9 Å². The molecule has 3 aliphatic heterocycles. The molecule has 202 valence electrons. The predicted molar refractivity (Wildman–Crippen MR) is 143 cm³/mol. The number of pyridine rings is 1. The largest absolute Gasteiger partial charge is 0.389 e. The third-order valence-corrected chi connectivity index (χ3v) is 8.45. The summed E-state index contributed by atoms with van der Waals surface area (Å²) in [6.07, 6.45) is 4.32. The first-order chi connectivity index (χ1) is 17.7. The van der Waals surface area contributed by atoms with Gasteiger partial charge in [-0.1, -0.05) is 11.6 Å². The minimum atomic E-state index is -0.499. The number of hydrogen-bond acceptors (Lipinski definition) is 7. The fourth-order valence-electron chi connectivity index (χ4n) is 5.85. The van der Waals surface area contributed by atoms with E-state index < -0.39 is 12.2 Å². The van der Waals surface area contributed by atoms with Gasteiger partial charge < -0.3 is 24.6 Å². The highest BCUT2D eigenvalue weighted by atomic mass is 35.5. The van der Waals surface area contributed by atoms with E-state index in [2.05, 4.69) is 28.2 Å². The Balaban J connectivity index is 1.24. The van der Waals surface area contributed by atoms with Crippen LogP contribution in [0.3, 0.4) is 0 Å². The molecule has 3 aliphatic rings. The number of piperidine rings is 1. The normalized spacial score (nSPS) is 29.7. The summed E-state index contributed by atoms with van der Waals surface area (Å²) in [5.74, 6) is 0.662. The van der Waals surface area contributed by atoms with Crippen molar-refractivity contribution in [1.82, 2.24) is 9.88 Å². The molecule has 2 aromatic rings. The molecule has 1 amide bonds. The van der Waals surface area contributed by atoms with Gasteiger partial charge in [0, 0.05) is 16.6 Å². The average molecular weight is 532 g/mol. The number of amides is 1. The Kier molecular flexibility index (Phi) is 8.05. The van der Waals surface area contributed by atoms with Crippen LogP contribution in [-0.4, -0.2) is 83.8 Å². The molecule has 4 heterocycles. The number of aliphatic hydroxyl groups excluding tert-OH is 1. The van der Waals surface area contributed by atoms with E-state index in [0.29, 0.717) is 38.0 Å². The van der Waals surface area contributed by atoms with Crippen LogP contribution in [0.25, 0.3) is 10.8 Å². The van der Waals surface area contributed by atoms with Crippen LogP contribution >= 0.6 is 11.6 Å². The highest BCUT2D eigenvalue weighted by molar-refractivity contribution is 6.32. The summed E-state index contributed by atoms with van der Waals surface area (Å²) in [5.41, 5.74) is 0.805. The summed E-state index contributed by atoms with van der Waals surface area (Å²) in [6, 6.07) is 6.00. The van der Waals surface area contributed by atoms with Crippen molar-refractivity contribution in [3.05, 3.63) is 35.0 Å². The van der Waals surface area contributed by atoms with E-state index in [4.69, 9.17) is 25.8 Å². The SMILES string of the molecule is CC(C)OC1CCC(C(=O)Nc2cc3cc(C4CCN([C@@]5(C)COC[C@H]5O)CC4)c(Cl)cc3cn2)OC1. The second-order valence-electron chi connectivity index (χ2n) is 11.1. The first kappa shape index (κ1) is 26.8. The van der Waals surface area contributed by atoms with Crippen LogP contribution in [-0.2, 0) is 19.0 Å². The number of fused-ring (bicyclic) bond motifs is 1. The second-order valence-corrected chi connectivity index (χ2v) is 11.5. The molecule has 0 spiro atoms. The number of likely N-dealkylation sites (tertiary alicyclic amines) is 1. The molecule has 0 aliphatic carbocycles. The number of rotatable bonds is 6. The van der Waals surface area contributed by atoms with E-state index in [1.807, 2.05) is 26.0 Å². The van der Waals surface area contributed by atoms with E-state index in [1.165, 1.54) is 0 Å². The maximum Gasteiger partial charge on any atom is 0.254 e. The summed E-state index contributed by atoms with van der Waals surface area (Å²) >= 11 is 6.72. The van der Waals surface area contributed by atoms with E-state index in [-0.39, 0.29) is 23.7 Å². The van der Waals surface area contributed by atoms with Gasteiger partial charge in [-0.15, -0.1) is 0 Å². The van der Waals surface area contributed by atoms with Crippen LogP contribution in [0, 0.1) is 0 Å². The molecule has 4 atom stereocenters. The number of aromatic nitrogens is 1. The monoisotopic (exact) mass is 531 g/mol. The molecule has 2 unspecified atom stereocenters. The minimum Gasteiger partial charge on any atom is -0.389 e. The Morgan fingerprint density at radius 2 is 1.97 bits per heavy atom. The summed E-state index contributed by atoms with van der Waals surface area (Å²) in [4.78, 5) is 19.6. The summed E-state index contributed by atoms with van der Waals surface area (Å²) < 4.78 is 17.1. The minimum absolute atomic E-state index is 0.0392. The van der Waals surface area contributed by atoms with Gasteiger partial charge in [-0.3, -0.25) is 9.69 Å². The zero-order chi connectivity index (χ0) is 26.2. The Morgan fingerprint density at radius 3 is 2.62 bits per heavy atom. The Morgan fingerprint density at radius 1 is 1.19 bits per heavy atom. The maximum atomic E-state index is 12.8. The van der Waals surface area contributed by atoms with Crippen molar-refractivity contribution in [2.75, 3.05) is 38.2 Å². The molecule has 3 saturated heterocycles. The molecule has 0 saturated carbocycles. The lowest BCUT2D eigenvalue weighted by molar-refractivity contribution is -0.141. The number of hydrogen-bond donors (Lipinski definition) is 2. The van der Waals surface area contributed by atoms with Gasteiger partial charge in [0.2, 0.25) is 0 Å². The first-order valence-corrected chi connectivity index (χ1v) is 13.8. The Hall–Kier alpha value is -1.81. The number of carbonyl (C=O) groups excluding carboxylic acids is 1. The van der Waals surface area contributed by atoms with E-state index >= 15 is 0 Å². The first-order valence-electron chi connectivity index (χ1n) is 13.4. The lowest BCUT2D eigenvalue weighted by atomic mass is 9.85. The van der Waals surface area contributed by atoms with Crippen molar-refractivity contribution >= 4 is 34.1 Å². The number of nitrogens with one attached hydrogen (secondary N) is 1. The molecule has 9 heteroatoms. The highest BCUT2D eigenvalue weighted by Crippen LogP contribution is 2.38. The number of carbonyl (C=O) groups is 1. The lowest BCUT2D eigenvalue weighted by Gasteiger charge is -2.43. The van der Waals surface area contributed by atoms with Crippen LogP contribution in [0.4, 0.5) is 5.82 Å². The Labute approximate surface area is 223 Å². The molecule has 8 nitrogen and oxygen atoms in total. The van der Waals surface area contributed by atoms with Gasteiger partial charge in [0.05, 0.1) is 43.7 Å². The molecule has 1 aromatic carbocycles.